The summed E-state index contributed by atoms with van der Waals surface area (Å²) in [7, 11) is -2.98. The van der Waals surface area contributed by atoms with Gasteiger partial charge in [0.15, 0.2) is 9.84 Å². The van der Waals surface area contributed by atoms with Crippen molar-refractivity contribution in [3.8, 4) is 0 Å². The second kappa shape index (κ2) is 5.83. The van der Waals surface area contributed by atoms with Crippen molar-refractivity contribution in [1.82, 2.24) is 5.32 Å². The van der Waals surface area contributed by atoms with Crippen LogP contribution in [0.25, 0.3) is 0 Å². The third-order valence-corrected chi connectivity index (χ3v) is 4.95. The predicted molar refractivity (Wildman–Crippen MR) is 79.7 cm³/mol. The first-order valence-corrected chi connectivity index (χ1v) is 8.56. The SMILES string of the molecule is CC(C)Nc1ccccc1C(=O)NC1CCS(=O)(=O)C1. The Morgan fingerprint density at radius 2 is 2.00 bits per heavy atom. The molecule has 0 bridgehead atoms. The molecule has 0 aromatic heterocycles. The maximum Gasteiger partial charge on any atom is 0.253 e. The molecule has 1 saturated heterocycles. The molecule has 1 aromatic carbocycles. The molecule has 1 unspecified atom stereocenters. The van der Waals surface area contributed by atoms with Gasteiger partial charge in [-0.1, -0.05) is 12.1 Å². The molecule has 110 valence electrons. The van der Waals surface area contributed by atoms with Crippen molar-refractivity contribution in [3.63, 3.8) is 0 Å². The summed E-state index contributed by atoms with van der Waals surface area (Å²) in [5, 5.41) is 6.02. The lowest BCUT2D eigenvalue weighted by Crippen LogP contribution is -2.36. The van der Waals surface area contributed by atoms with Crippen molar-refractivity contribution in [1.29, 1.82) is 0 Å². The number of amides is 1. The van der Waals surface area contributed by atoms with Gasteiger partial charge in [-0.3, -0.25) is 4.79 Å². The third kappa shape index (κ3) is 3.72. The molecule has 5 nitrogen and oxygen atoms in total. The van der Waals surface area contributed by atoms with E-state index in [1.807, 2.05) is 26.0 Å². The van der Waals surface area contributed by atoms with Crippen LogP contribution in [0.1, 0.15) is 30.6 Å². The average Bonchev–Trinajstić information content (AvgIpc) is 2.68. The largest absolute Gasteiger partial charge is 0.382 e. The van der Waals surface area contributed by atoms with Gasteiger partial charge in [0.05, 0.1) is 17.1 Å². The van der Waals surface area contributed by atoms with Gasteiger partial charge < -0.3 is 10.6 Å². The maximum absolute atomic E-state index is 12.3. The van der Waals surface area contributed by atoms with E-state index in [2.05, 4.69) is 10.6 Å². The summed E-state index contributed by atoms with van der Waals surface area (Å²) < 4.78 is 22.8. The van der Waals surface area contributed by atoms with E-state index in [0.29, 0.717) is 12.0 Å². The zero-order valence-corrected chi connectivity index (χ0v) is 12.5. The number of para-hydroxylation sites is 1. The van der Waals surface area contributed by atoms with Gasteiger partial charge in [0.2, 0.25) is 0 Å². The highest BCUT2D eigenvalue weighted by atomic mass is 32.2. The van der Waals surface area contributed by atoms with Crippen molar-refractivity contribution in [2.45, 2.75) is 32.4 Å². The summed E-state index contributed by atoms with van der Waals surface area (Å²) in [4.78, 5) is 12.3. The molecule has 20 heavy (non-hydrogen) atoms. The van der Waals surface area contributed by atoms with Crippen LogP contribution in [0.15, 0.2) is 24.3 Å². The topological polar surface area (TPSA) is 75.3 Å². The molecule has 1 aliphatic heterocycles. The summed E-state index contributed by atoms with van der Waals surface area (Å²) in [5.41, 5.74) is 1.31. The molecule has 1 atom stereocenters. The minimum absolute atomic E-state index is 0.0402. The Morgan fingerprint density at radius 1 is 1.30 bits per heavy atom. The molecule has 1 heterocycles. The minimum atomic E-state index is -2.98. The second-order valence-corrected chi connectivity index (χ2v) is 7.65. The molecule has 0 radical (unpaired) electrons. The monoisotopic (exact) mass is 296 g/mol. The molecule has 1 amide bonds. The first kappa shape index (κ1) is 14.8. The molecule has 0 spiro atoms. The summed E-state index contributed by atoms with van der Waals surface area (Å²) in [6.07, 6.45) is 0.494. The quantitative estimate of drug-likeness (QED) is 0.881. The summed E-state index contributed by atoms with van der Waals surface area (Å²) in [6.45, 7) is 4.00. The highest BCUT2D eigenvalue weighted by molar-refractivity contribution is 7.91. The Labute approximate surface area is 119 Å². The molecule has 1 aromatic rings. The molecule has 0 aliphatic carbocycles. The second-order valence-electron chi connectivity index (χ2n) is 5.42. The third-order valence-electron chi connectivity index (χ3n) is 3.18. The van der Waals surface area contributed by atoms with Gasteiger partial charge in [0.1, 0.15) is 0 Å². The molecule has 2 N–H and O–H groups in total. The number of hydrogen-bond acceptors (Lipinski definition) is 4. The molecule has 2 rings (SSSR count). The van der Waals surface area contributed by atoms with Gasteiger partial charge in [-0.2, -0.15) is 0 Å². The number of rotatable bonds is 4. The van der Waals surface area contributed by atoms with Gasteiger partial charge in [-0.25, -0.2) is 8.42 Å². The molecule has 0 saturated carbocycles. The Balaban J connectivity index is 2.10. The van der Waals surface area contributed by atoms with E-state index in [4.69, 9.17) is 0 Å². The van der Waals surface area contributed by atoms with Crippen LogP contribution in [-0.4, -0.2) is 37.9 Å². The van der Waals surface area contributed by atoms with E-state index >= 15 is 0 Å². The van der Waals surface area contributed by atoms with Crippen LogP contribution in [0.2, 0.25) is 0 Å². The van der Waals surface area contributed by atoms with Gasteiger partial charge in [0, 0.05) is 17.8 Å². The lowest BCUT2D eigenvalue weighted by Gasteiger charge is -2.16. The lowest BCUT2D eigenvalue weighted by molar-refractivity contribution is 0.0942. The standard InChI is InChI=1S/C14H20N2O3S/c1-10(2)15-13-6-4-3-5-12(13)14(17)16-11-7-8-20(18,19)9-11/h3-6,10-11,15H,7-9H2,1-2H3,(H,16,17). The number of carbonyl (C=O) groups is 1. The number of anilines is 1. The van der Waals surface area contributed by atoms with Gasteiger partial charge >= 0.3 is 0 Å². The van der Waals surface area contributed by atoms with E-state index < -0.39 is 9.84 Å². The van der Waals surface area contributed by atoms with Crippen molar-refractivity contribution in [3.05, 3.63) is 29.8 Å². The first-order valence-electron chi connectivity index (χ1n) is 6.74. The van der Waals surface area contributed by atoms with Crippen LogP contribution in [0.5, 0.6) is 0 Å². The molecular weight excluding hydrogens is 276 g/mol. The predicted octanol–water partition coefficient (Wildman–Crippen LogP) is 1.42. The summed E-state index contributed by atoms with van der Waals surface area (Å²) >= 11 is 0. The van der Waals surface area contributed by atoms with Crippen LogP contribution in [0.4, 0.5) is 5.69 Å². The Bertz CT molecular complexity index is 596. The summed E-state index contributed by atoms with van der Waals surface area (Å²) in [6, 6.07) is 7.19. The number of benzene rings is 1. The Hall–Kier alpha value is -1.56. The summed E-state index contributed by atoms with van der Waals surface area (Å²) in [5.74, 6) is -0.0293. The van der Waals surface area contributed by atoms with Gasteiger partial charge in [-0.05, 0) is 32.4 Å². The fourth-order valence-corrected chi connectivity index (χ4v) is 3.96. The first-order chi connectivity index (χ1) is 9.37. The van der Waals surface area contributed by atoms with Crippen molar-refractivity contribution in [2.75, 3.05) is 16.8 Å². The van der Waals surface area contributed by atoms with E-state index in [1.165, 1.54) is 0 Å². The van der Waals surface area contributed by atoms with E-state index in [-0.39, 0.29) is 29.5 Å². The van der Waals surface area contributed by atoms with Crippen molar-refractivity contribution in [2.24, 2.45) is 0 Å². The zero-order chi connectivity index (χ0) is 14.8. The number of hydrogen-bond donors (Lipinski definition) is 2. The van der Waals surface area contributed by atoms with Gasteiger partial charge in [-0.15, -0.1) is 0 Å². The van der Waals surface area contributed by atoms with Gasteiger partial charge in [0.25, 0.3) is 5.91 Å². The minimum Gasteiger partial charge on any atom is -0.382 e. The van der Waals surface area contributed by atoms with Crippen molar-refractivity contribution >= 4 is 21.4 Å². The normalized spacial score (nSPS) is 20.9. The average molecular weight is 296 g/mol. The van der Waals surface area contributed by atoms with Crippen LogP contribution in [-0.2, 0) is 9.84 Å². The smallest absolute Gasteiger partial charge is 0.253 e. The van der Waals surface area contributed by atoms with Crippen molar-refractivity contribution < 1.29 is 13.2 Å². The van der Waals surface area contributed by atoms with E-state index in [9.17, 15) is 13.2 Å². The number of sulfone groups is 1. The molecule has 1 aliphatic rings. The molecule has 6 heteroatoms. The van der Waals surface area contributed by atoms with E-state index in [1.54, 1.807) is 12.1 Å². The molecule has 1 fully saturated rings. The van der Waals surface area contributed by atoms with E-state index in [0.717, 1.165) is 5.69 Å². The molecular formula is C14H20N2O3S. The van der Waals surface area contributed by atoms with Crippen LogP contribution < -0.4 is 10.6 Å². The van der Waals surface area contributed by atoms with Crippen LogP contribution in [0, 0.1) is 0 Å². The fourth-order valence-electron chi connectivity index (χ4n) is 2.29. The zero-order valence-electron chi connectivity index (χ0n) is 11.7. The Kier molecular flexibility index (Phi) is 4.32. The lowest BCUT2D eigenvalue weighted by atomic mass is 10.1. The van der Waals surface area contributed by atoms with Crippen LogP contribution in [0.3, 0.4) is 0 Å². The number of nitrogens with one attached hydrogen (secondary N) is 2. The highest BCUT2D eigenvalue weighted by Gasteiger charge is 2.29. The Morgan fingerprint density at radius 3 is 2.60 bits per heavy atom. The maximum atomic E-state index is 12.3. The fraction of sp³-hybridized carbons (Fsp3) is 0.500. The van der Waals surface area contributed by atoms with Crippen LogP contribution >= 0.6 is 0 Å². The highest BCUT2D eigenvalue weighted by Crippen LogP contribution is 2.18. The number of carbonyl (C=O) groups excluding carboxylic acids is 1.